The Balaban J connectivity index is 1.84. The normalized spacial score (nSPS) is 13.6. The van der Waals surface area contributed by atoms with Gasteiger partial charge in [0.05, 0.1) is 16.3 Å². The van der Waals surface area contributed by atoms with Gasteiger partial charge >= 0.3 is 7.52 Å². The van der Waals surface area contributed by atoms with Crippen molar-refractivity contribution in [2.24, 2.45) is 0 Å². The van der Waals surface area contributed by atoms with E-state index in [9.17, 15) is 9.67 Å². The van der Waals surface area contributed by atoms with Gasteiger partial charge in [-0.05, 0) is 43.3 Å². The van der Waals surface area contributed by atoms with Crippen molar-refractivity contribution in [3.63, 3.8) is 0 Å². The minimum Gasteiger partial charge on any atom is -0.504 e. The van der Waals surface area contributed by atoms with Crippen LogP contribution >= 0.6 is 7.52 Å². The highest BCUT2D eigenvalue weighted by Gasteiger charge is 2.34. The zero-order valence-corrected chi connectivity index (χ0v) is 18.3. The number of aromatic hydroxyl groups is 1. The van der Waals surface area contributed by atoms with Gasteiger partial charge in [0.2, 0.25) is 0 Å². The van der Waals surface area contributed by atoms with Crippen molar-refractivity contribution in [2.75, 3.05) is 13.1 Å². The molecule has 1 atom stereocenters. The molecule has 0 radical (unpaired) electrons. The van der Waals surface area contributed by atoms with Crippen LogP contribution in [0.4, 0.5) is 0 Å². The van der Waals surface area contributed by atoms with E-state index < -0.39 is 7.52 Å². The van der Waals surface area contributed by atoms with Gasteiger partial charge in [0.1, 0.15) is 0 Å². The van der Waals surface area contributed by atoms with E-state index in [0.29, 0.717) is 29.3 Å². The topological polar surface area (TPSA) is 62.7 Å². The summed E-state index contributed by atoms with van der Waals surface area (Å²) >= 11 is 0. The number of benzene rings is 3. The van der Waals surface area contributed by atoms with Crippen LogP contribution in [0.2, 0.25) is 0 Å². The number of aromatic nitrogens is 1. The van der Waals surface area contributed by atoms with Gasteiger partial charge in [-0.1, -0.05) is 49.7 Å². The molecular weight excluding hydrogens is 395 g/mol. The van der Waals surface area contributed by atoms with Crippen molar-refractivity contribution < 1.29 is 14.2 Å². The Hall–Kier alpha value is -2.88. The number of phenols is 1. The maximum absolute atomic E-state index is 14.1. The number of hydrogen-bond donors (Lipinski definition) is 1. The first-order chi connectivity index (χ1) is 14.5. The molecule has 1 N–H and O–H groups in total. The van der Waals surface area contributed by atoms with Crippen LogP contribution in [0.3, 0.4) is 0 Å². The molecule has 0 amide bonds. The molecule has 0 saturated heterocycles. The highest BCUT2D eigenvalue weighted by molar-refractivity contribution is 7.65. The largest absolute Gasteiger partial charge is 0.504 e. The summed E-state index contributed by atoms with van der Waals surface area (Å²) in [4.78, 5) is 4.62. The van der Waals surface area contributed by atoms with Gasteiger partial charge < -0.3 is 9.63 Å². The lowest BCUT2D eigenvalue weighted by Crippen LogP contribution is -2.29. The molecule has 0 bridgehead atoms. The van der Waals surface area contributed by atoms with Crippen LogP contribution < -0.4 is 9.83 Å². The van der Waals surface area contributed by atoms with E-state index in [2.05, 4.69) is 4.98 Å². The first kappa shape index (κ1) is 20.4. The summed E-state index contributed by atoms with van der Waals surface area (Å²) < 4.78 is 22.1. The summed E-state index contributed by atoms with van der Waals surface area (Å²) in [5.41, 5.74) is 2.59. The SMILES string of the molecule is CCN(CC)P(=O)(Oc1ccc2nc3ccccc3cc2c1O)c1ccc(C)cc1. The quantitative estimate of drug-likeness (QED) is 0.323. The zero-order chi connectivity index (χ0) is 21.3. The van der Waals surface area contributed by atoms with Crippen molar-refractivity contribution in [2.45, 2.75) is 20.8 Å². The second-order valence-electron chi connectivity index (χ2n) is 7.25. The zero-order valence-electron chi connectivity index (χ0n) is 17.4. The lowest BCUT2D eigenvalue weighted by atomic mass is 10.1. The predicted octanol–water partition coefficient (Wildman–Crippen LogP) is 5.64. The van der Waals surface area contributed by atoms with Gasteiger partial charge in [-0.3, -0.25) is 4.57 Å². The second kappa shape index (κ2) is 8.10. The molecule has 1 aromatic heterocycles. The molecule has 154 valence electrons. The van der Waals surface area contributed by atoms with E-state index in [0.717, 1.165) is 16.5 Å². The maximum Gasteiger partial charge on any atom is 0.349 e. The standard InChI is InChI=1S/C24H25N2O3P/c1-4-26(5-2)30(28,19-12-10-17(3)11-13-19)29-23-15-14-22-20(24(23)27)16-18-8-6-7-9-21(18)25-22/h6-16,27H,4-5H2,1-3H3. The van der Waals surface area contributed by atoms with Crippen molar-refractivity contribution in [1.82, 2.24) is 9.65 Å². The number of para-hydroxylation sites is 1. The molecule has 0 saturated carbocycles. The molecule has 3 aromatic carbocycles. The Morgan fingerprint density at radius 1 is 0.967 bits per heavy atom. The van der Waals surface area contributed by atoms with Crippen molar-refractivity contribution in [1.29, 1.82) is 0 Å². The van der Waals surface area contributed by atoms with E-state index in [-0.39, 0.29) is 11.5 Å². The fourth-order valence-electron chi connectivity index (χ4n) is 3.62. The molecule has 1 heterocycles. The van der Waals surface area contributed by atoms with Crippen molar-refractivity contribution in [3.8, 4) is 11.5 Å². The molecule has 4 rings (SSSR count). The summed E-state index contributed by atoms with van der Waals surface area (Å²) in [5.74, 6) is 0.139. The monoisotopic (exact) mass is 420 g/mol. The van der Waals surface area contributed by atoms with Crippen LogP contribution in [-0.4, -0.2) is 27.9 Å². The molecule has 0 fully saturated rings. The minimum atomic E-state index is -3.42. The summed E-state index contributed by atoms with van der Waals surface area (Å²) in [5, 5.41) is 13.1. The summed E-state index contributed by atoms with van der Waals surface area (Å²) in [6, 6.07) is 20.6. The van der Waals surface area contributed by atoms with Crippen molar-refractivity contribution in [3.05, 3.63) is 72.3 Å². The summed E-state index contributed by atoms with van der Waals surface area (Å²) in [6.45, 7) is 7.00. The smallest absolute Gasteiger partial charge is 0.349 e. The fraction of sp³-hybridized carbons (Fsp3) is 0.208. The highest BCUT2D eigenvalue weighted by Crippen LogP contribution is 2.52. The van der Waals surface area contributed by atoms with Gasteiger partial charge in [0.15, 0.2) is 11.5 Å². The van der Waals surface area contributed by atoms with Crippen LogP contribution in [0, 0.1) is 6.92 Å². The Bertz CT molecular complexity index is 1250. The van der Waals surface area contributed by atoms with Crippen LogP contribution in [0.5, 0.6) is 11.5 Å². The van der Waals surface area contributed by atoms with Crippen LogP contribution in [0.15, 0.2) is 66.7 Å². The number of hydrogen-bond acceptors (Lipinski definition) is 4. The number of nitrogens with zero attached hydrogens (tertiary/aromatic N) is 2. The molecule has 0 aliphatic carbocycles. The van der Waals surface area contributed by atoms with Crippen LogP contribution in [-0.2, 0) is 4.57 Å². The summed E-state index contributed by atoms with van der Waals surface area (Å²) in [6.07, 6.45) is 0. The van der Waals surface area contributed by atoms with E-state index in [4.69, 9.17) is 4.52 Å². The van der Waals surface area contributed by atoms with E-state index in [1.807, 2.05) is 75.4 Å². The number of rotatable bonds is 6. The third-order valence-electron chi connectivity index (χ3n) is 5.32. The van der Waals surface area contributed by atoms with Gasteiger partial charge in [-0.15, -0.1) is 0 Å². The first-order valence-electron chi connectivity index (χ1n) is 10.1. The molecule has 4 aromatic rings. The molecule has 0 spiro atoms. The van der Waals surface area contributed by atoms with Crippen LogP contribution in [0.25, 0.3) is 21.8 Å². The Morgan fingerprint density at radius 3 is 2.37 bits per heavy atom. The molecule has 0 aliphatic rings. The summed E-state index contributed by atoms with van der Waals surface area (Å²) in [7, 11) is -3.42. The average molecular weight is 420 g/mol. The predicted molar refractivity (Wildman–Crippen MR) is 123 cm³/mol. The number of phenolic OH excluding ortho intramolecular Hbond substituents is 1. The second-order valence-corrected chi connectivity index (χ2v) is 9.55. The number of pyridine rings is 1. The Kier molecular flexibility index (Phi) is 5.50. The molecular formula is C24H25N2O3P. The van der Waals surface area contributed by atoms with E-state index >= 15 is 0 Å². The van der Waals surface area contributed by atoms with Gasteiger partial charge in [-0.25, -0.2) is 9.65 Å². The number of aryl methyl sites for hydroxylation is 1. The maximum atomic E-state index is 14.1. The fourth-order valence-corrected chi connectivity index (χ4v) is 5.86. The molecule has 30 heavy (non-hydrogen) atoms. The molecule has 0 aliphatic heterocycles. The minimum absolute atomic E-state index is 0.0507. The Labute approximate surface area is 176 Å². The highest BCUT2D eigenvalue weighted by atomic mass is 31.2. The van der Waals surface area contributed by atoms with Gasteiger partial charge in [-0.2, -0.15) is 0 Å². The third kappa shape index (κ3) is 3.55. The average Bonchev–Trinajstić information content (AvgIpc) is 2.76. The van der Waals surface area contributed by atoms with Crippen molar-refractivity contribution >= 4 is 34.6 Å². The van der Waals surface area contributed by atoms with E-state index in [1.165, 1.54) is 0 Å². The lowest BCUT2D eigenvalue weighted by molar-refractivity contribution is 0.370. The lowest BCUT2D eigenvalue weighted by Gasteiger charge is -2.30. The third-order valence-corrected chi connectivity index (χ3v) is 8.02. The first-order valence-corrected chi connectivity index (χ1v) is 11.7. The van der Waals surface area contributed by atoms with E-state index in [1.54, 1.807) is 16.8 Å². The van der Waals surface area contributed by atoms with Gasteiger partial charge in [0, 0.05) is 23.9 Å². The van der Waals surface area contributed by atoms with Crippen LogP contribution in [0.1, 0.15) is 19.4 Å². The Morgan fingerprint density at radius 2 is 1.67 bits per heavy atom. The molecule has 1 unspecified atom stereocenters. The van der Waals surface area contributed by atoms with Gasteiger partial charge in [0.25, 0.3) is 0 Å². The molecule has 5 nitrogen and oxygen atoms in total. The molecule has 6 heteroatoms. The number of fused-ring (bicyclic) bond motifs is 2.